The largest absolute Gasteiger partial charge is 0.366 e. The second kappa shape index (κ2) is 5.40. The van der Waals surface area contributed by atoms with Gasteiger partial charge in [0.1, 0.15) is 0 Å². The summed E-state index contributed by atoms with van der Waals surface area (Å²) in [5.74, 6) is -0.766. The van der Waals surface area contributed by atoms with Gasteiger partial charge >= 0.3 is 0 Å². The Kier molecular flexibility index (Phi) is 3.87. The molecule has 0 unspecified atom stereocenters. The monoisotopic (exact) mass is 266 g/mol. The number of hydrogen-bond acceptors (Lipinski definition) is 2. The first-order valence-electron chi connectivity index (χ1n) is 5.98. The Labute approximate surface area is 111 Å². The van der Waals surface area contributed by atoms with Gasteiger partial charge < -0.3 is 10.6 Å². The number of benzene rings is 1. The fraction of sp³-hybridized carbons (Fsp3) is 0.385. The van der Waals surface area contributed by atoms with Crippen LogP contribution in [0.4, 0.5) is 0 Å². The van der Waals surface area contributed by atoms with Gasteiger partial charge in [-0.3, -0.25) is 9.59 Å². The molecular weight excluding hydrogens is 252 g/mol. The Bertz CT molecular complexity index is 482. The molecule has 1 aromatic carbocycles. The molecule has 18 heavy (non-hydrogen) atoms. The van der Waals surface area contributed by atoms with E-state index in [-0.39, 0.29) is 11.5 Å². The van der Waals surface area contributed by atoms with Crippen LogP contribution in [-0.2, 0) is 0 Å². The van der Waals surface area contributed by atoms with Crippen LogP contribution in [0, 0.1) is 0 Å². The Morgan fingerprint density at radius 3 is 2.39 bits per heavy atom. The minimum atomic E-state index is -0.627. The maximum atomic E-state index is 12.3. The molecule has 1 fully saturated rings. The Hall–Kier alpha value is -1.55. The van der Waals surface area contributed by atoms with E-state index in [1.807, 2.05) is 0 Å². The van der Waals surface area contributed by atoms with Crippen LogP contribution in [0.2, 0.25) is 5.02 Å². The molecule has 0 saturated carbocycles. The second-order valence-corrected chi connectivity index (χ2v) is 4.84. The SMILES string of the molecule is NC(=O)c1cc(Cl)ccc1C(=O)N1CCCCC1. The van der Waals surface area contributed by atoms with Gasteiger partial charge in [-0.2, -0.15) is 0 Å². The van der Waals surface area contributed by atoms with E-state index in [2.05, 4.69) is 0 Å². The molecule has 0 bridgehead atoms. The van der Waals surface area contributed by atoms with E-state index in [0.29, 0.717) is 10.6 Å². The third-order valence-corrected chi connectivity index (χ3v) is 3.36. The van der Waals surface area contributed by atoms with E-state index < -0.39 is 5.91 Å². The van der Waals surface area contributed by atoms with Crippen molar-refractivity contribution in [2.75, 3.05) is 13.1 Å². The second-order valence-electron chi connectivity index (χ2n) is 4.41. The summed E-state index contributed by atoms with van der Waals surface area (Å²) in [6.07, 6.45) is 3.16. The molecule has 1 saturated heterocycles. The maximum Gasteiger partial charge on any atom is 0.254 e. The van der Waals surface area contributed by atoms with Crippen molar-refractivity contribution in [3.8, 4) is 0 Å². The highest BCUT2D eigenvalue weighted by molar-refractivity contribution is 6.31. The first-order valence-corrected chi connectivity index (χ1v) is 6.36. The molecule has 96 valence electrons. The van der Waals surface area contributed by atoms with Crippen LogP contribution in [0.5, 0.6) is 0 Å². The lowest BCUT2D eigenvalue weighted by Crippen LogP contribution is -2.36. The predicted octanol–water partition coefficient (Wildman–Crippen LogP) is 2.06. The van der Waals surface area contributed by atoms with Crippen molar-refractivity contribution in [3.05, 3.63) is 34.3 Å². The molecule has 0 aliphatic carbocycles. The number of amides is 2. The van der Waals surface area contributed by atoms with Crippen molar-refractivity contribution in [1.29, 1.82) is 0 Å². The zero-order chi connectivity index (χ0) is 13.1. The summed E-state index contributed by atoms with van der Waals surface area (Å²) < 4.78 is 0. The standard InChI is InChI=1S/C13H15ClN2O2/c14-9-4-5-10(11(8-9)12(15)17)13(18)16-6-2-1-3-7-16/h4-5,8H,1-3,6-7H2,(H2,15,17). The Balaban J connectivity index is 2.31. The molecule has 0 atom stereocenters. The van der Waals surface area contributed by atoms with Gasteiger partial charge in [-0.15, -0.1) is 0 Å². The molecular formula is C13H15ClN2O2. The van der Waals surface area contributed by atoms with E-state index in [0.717, 1.165) is 32.4 Å². The third-order valence-electron chi connectivity index (χ3n) is 3.12. The minimum Gasteiger partial charge on any atom is -0.366 e. The zero-order valence-corrected chi connectivity index (χ0v) is 10.7. The third kappa shape index (κ3) is 2.64. The summed E-state index contributed by atoms with van der Waals surface area (Å²) in [5, 5.41) is 0.402. The minimum absolute atomic E-state index is 0.139. The van der Waals surface area contributed by atoms with Gasteiger partial charge in [-0.25, -0.2) is 0 Å². The molecule has 2 N–H and O–H groups in total. The molecule has 5 heteroatoms. The highest BCUT2D eigenvalue weighted by atomic mass is 35.5. The average Bonchev–Trinajstić information content (AvgIpc) is 2.39. The number of nitrogens with two attached hydrogens (primary N) is 1. The van der Waals surface area contributed by atoms with Crippen LogP contribution in [0.25, 0.3) is 0 Å². The maximum absolute atomic E-state index is 12.3. The predicted molar refractivity (Wildman–Crippen MR) is 69.7 cm³/mol. The molecule has 1 aromatic rings. The van der Waals surface area contributed by atoms with Crippen LogP contribution < -0.4 is 5.73 Å². The summed E-state index contributed by atoms with van der Waals surface area (Å²) in [6.45, 7) is 1.47. The summed E-state index contributed by atoms with van der Waals surface area (Å²) >= 11 is 5.82. The van der Waals surface area contributed by atoms with Gasteiger partial charge in [-0.05, 0) is 37.5 Å². The van der Waals surface area contributed by atoms with E-state index in [1.165, 1.54) is 6.07 Å². The molecule has 1 heterocycles. The zero-order valence-electron chi connectivity index (χ0n) is 9.99. The number of halogens is 1. The topological polar surface area (TPSA) is 63.4 Å². The molecule has 0 aromatic heterocycles. The van der Waals surface area contributed by atoms with Crippen molar-refractivity contribution in [2.45, 2.75) is 19.3 Å². The molecule has 1 aliphatic rings. The first-order chi connectivity index (χ1) is 8.59. The quantitative estimate of drug-likeness (QED) is 0.891. The van der Waals surface area contributed by atoms with Crippen molar-refractivity contribution >= 4 is 23.4 Å². The van der Waals surface area contributed by atoms with Crippen LogP contribution in [0.3, 0.4) is 0 Å². The summed E-state index contributed by atoms with van der Waals surface area (Å²) in [5.41, 5.74) is 5.82. The normalized spacial score (nSPS) is 15.5. The molecule has 2 rings (SSSR count). The van der Waals surface area contributed by atoms with Crippen LogP contribution in [-0.4, -0.2) is 29.8 Å². The number of rotatable bonds is 2. The molecule has 0 spiro atoms. The summed E-state index contributed by atoms with van der Waals surface area (Å²) in [7, 11) is 0. The fourth-order valence-electron chi connectivity index (χ4n) is 2.17. The number of hydrogen-bond donors (Lipinski definition) is 1. The summed E-state index contributed by atoms with van der Waals surface area (Å²) in [6, 6.07) is 4.62. The smallest absolute Gasteiger partial charge is 0.254 e. The van der Waals surface area contributed by atoms with Crippen LogP contribution in [0.1, 0.15) is 40.0 Å². The Morgan fingerprint density at radius 2 is 1.78 bits per heavy atom. The van der Waals surface area contributed by atoms with Gasteiger partial charge in [0.15, 0.2) is 0 Å². The van der Waals surface area contributed by atoms with E-state index >= 15 is 0 Å². The Morgan fingerprint density at radius 1 is 1.11 bits per heavy atom. The van der Waals surface area contributed by atoms with Gasteiger partial charge in [0.05, 0.1) is 11.1 Å². The molecule has 4 nitrogen and oxygen atoms in total. The van der Waals surface area contributed by atoms with Crippen LogP contribution >= 0.6 is 11.6 Å². The van der Waals surface area contributed by atoms with Crippen molar-refractivity contribution in [1.82, 2.24) is 4.90 Å². The van der Waals surface area contributed by atoms with Crippen molar-refractivity contribution < 1.29 is 9.59 Å². The van der Waals surface area contributed by atoms with E-state index in [9.17, 15) is 9.59 Å². The number of piperidine rings is 1. The first kappa shape index (κ1) is 12.9. The lowest BCUT2D eigenvalue weighted by atomic mass is 10.0. The number of nitrogens with zero attached hydrogens (tertiary/aromatic N) is 1. The molecule has 1 aliphatic heterocycles. The molecule has 2 amide bonds. The van der Waals surface area contributed by atoms with Crippen molar-refractivity contribution in [2.24, 2.45) is 5.73 Å². The fourth-order valence-corrected chi connectivity index (χ4v) is 2.35. The summed E-state index contributed by atoms with van der Waals surface area (Å²) in [4.78, 5) is 25.4. The average molecular weight is 267 g/mol. The number of carbonyl (C=O) groups is 2. The lowest BCUT2D eigenvalue weighted by Gasteiger charge is -2.27. The van der Waals surface area contributed by atoms with E-state index in [4.69, 9.17) is 17.3 Å². The van der Waals surface area contributed by atoms with Gasteiger partial charge in [0.25, 0.3) is 5.91 Å². The van der Waals surface area contributed by atoms with Crippen LogP contribution in [0.15, 0.2) is 18.2 Å². The van der Waals surface area contributed by atoms with Crippen molar-refractivity contribution in [3.63, 3.8) is 0 Å². The van der Waals surface area contributed by atoms with E-state index in [1.54, 1.807) is 17.0 Å². The number of primary amides is 1. The van der Waals surface area contributed by atoms with Gasteiger partial charge in [-0.1, -0.05) is 11.6 Å². The number of carbonyl (C=O) groups excluding carboxylic acids is 2. The molecule has 0 radical (unpaired) electrons. The number of likely N-dealkylation sites (tertiary alicyclic amines) is 1. The van der Waals surface area contributed by atoms with Gasteiger partial charge in [0.2, 0.25) is 5.91 Å². The lowest BCUT2D eigenvalue weighted by molar-refractivity contribution is 0.0719. The highest BCUT2D eigenvalue weighted by Crippen LogP contribution is 2.19. The highest BCUT2D eigenvalue weighted by Gasteiger charge is 2.22. The van der Waals surface area contributed by atoms with Gasteiger partial charge in [0, 0.05) is 18.1 Å².